The molecule has 0 spiro atoms. The summed E-state index contributed by atoms with van der Waals surface area (Å²) in [7, 11) is 5.86. The largest absolute Gasteiger partial charge is 0.341 e. The lowest BCUT2D eigenvalue weighted by Gasteiger charge is -2.02. The number of hydrogen-bond donors (Lipinski definition) is 0. The van der Waals surface area contributed by atoms with Crippen molar-refractivity contribution in [1.82, 2.24) is 4.57 Å². The van der Waals surface area contributed by atoms with Crippen LogP contribution in [0.25, 0.3) is 21.8 Å². The fraction of sp³-hybridized carbons (Fsp3) is 0.143. The molecular formula is C14H12BN. The Morgan fingerprint density at radius 3 is 2.56 bits per heavy atom. The normalized spacial score (nSPS) is 11.3. The van der Waals surface area contributed by atoms with Crippen LogP contribution in [0.2, 0.25) is 0 Å². The molecular weight excluding hydrogens is 193 g/mol. The molecule has 76 valence electrons. The van der Waals surface area contributed by atoms with E-state index < -0.39 is 0 Å². The van der Waals surface area contributed by atoms with Crippen molar-refractivity contribution in [3.8, 4) is 0 Å². The first kappa shape index (κ1) is 9.53. The fourth-order valence-electron chi connectivity index (χ4n) is 2.41. The maximum absolute atomic E-state index is 5.86. The quantitative estimate of drug-likeness (QED) is 0.538. The number of aryl methyl sites for hydroxylation is 1. The van der Waals surface area contributed by atoms with Gasteiger partial charge < -0.3 is 4.57 Å². The summed E-state index contributed by atoms with van der Waals surface area (Å²) in [5.74, 6) is 0. The van der Waals surface area contributed by atoms with Crippen LogP contribution in [0.5, 0.6) is 0 Å². The molecule has 0 aliphatic carbocycles. The molecule has 16 heavy (non-hydrogen) atoms. The molecule has 1 heterocycles. The fourth-order valence-corrected chi connectivity index (χ4v) is 2.41. The molecule has 0 aliphatic heterocycles. The van der Waals surface area contributed by atoms with Crippen LogP contribution in [-0.2, 0) is 6.54 Å². The number of para-hydroxylation sites is 1. The predicted octanol–water partition coefficient (Wildman–Crippen LogP) is 2.61. The Bertz CT molecular complexity index is 667. The second-order valence-corrected chi connectivity index (χ2v) is 4.04. The van der Waals surface area contributed by atoms with Gasteiger partial charge in [0.25, 0.3) is 0 Å². The van der Waals surface area contributed by atoms with Gasteiger partial charge in [-0.25, -0.2) is 0 Å². The minimum atomic E-state index is 0.825. The molecule has 2 aromatic carbocycles. The van der Waals surface area contributed by atoms with Gasteiger partial charge in [0, 0.05) is 28.4 Å². The van der Waals surface area contributed by atoms with Crippen molar-refractivity contribution in [2.45, 2.75) is 13.5 Å². The predicted molar refractivity (Wildman–Crippen MR) is 70.5 cm³/mol. The molecule has 0 atom stereocenters. The molecule has 1 nitrogen and oxygen atoms in total. The van der Waals surface area contributed by atoms with Gasteiger partial charge in [-0.2, -0.15) is 0 Å². The Morgan fingerprint density at radius 2 is 1.75 bits per heavy atom. The molecule has 2 heteroatoms. The van der Waals surface area contributed by atoms with Gasteiger partial charge in [0.1, 0.15) is 7.85 Å². The van der Waals surface area contributed by atoms with E-state index in [0.29, 0.717) is 0 Å². The second-order valence-electron chi connectivity index (χ2n) is 4.04. The SMILES string of the molecule is [B]c1ccc2c(c1)c1ccccc1n2CC. The molecule has 0 fully saturated rings. The maximum Gasteiger partial charge on any atom is 0.113 e. The van der Waals surface area contributed by atoms with Gasteiger partial charge in [0.05, 0.1) is 0 Å². The lowest BCUT2D eigenvalue weighted by Crippen LogP contribution is -2.00. The van der Waals surface area contributed by atoms with E-state index in [2.05, 4.69) is 47.9 Å². The van der Waals surface area contributed by atoms with E-state index in [1.54, 1.807) is 0 Å². The zero-order valence-corrected chi connectivity index (χ0v) is 9.27. The molecule has 1 aromatic heterocycles. The highest BCUT2D eigenvalue weighted by molar-refractivity contribution is 6.33. The molecule has 0 aliphatic rings. The van der Waals surface area contributed by atoms with Crippen LogP contribution in [0.3, 0.4) is 0 Å². The first-order valence-electron chi connectivity index (χ1n) is 5.57. The van der Waals surface area contributed by atoms with Crippen molar-refractivity contribution in [2.24, 2.45) is 0 Å². The summed E-state index contributed by atoms with van der Waals surface area (Å²) in [6.45, 7) is 3.15. The summed E-state index contributed by atoms with van der Waals surface area (Å²) >= 11 is 0. The van der Waals surface area contributed by atoms with Crippen LogP contribution in [0.15, 0.2) is 42.5 Å². The highest BCUT2D eigenvalue weighted by Gasteiger charge is 2.07. The molecule has 2 radical (unpaired) electrons. The van der Waals surface area contributed by atoms with Crippen LogP contribution in [-0.4, -0.2) is 12.4 Å². The van der Waals surface area contributed by atoms with Crippen molar-refractivity contribution < 1.29 is 0 Å². The highest BCUT2D eigenvalue weighted by Crippen LogP contribution is 2.27. The summed E-state index contributed by atoms with van der Waals surface area (Å²) in [4.78, 5) is 0. The van der Waals surface area contributed by atoms with Crippen molar-refractivity contribution in [3.05, 3.63) is 42.5 Å². The first-order valence-corrected chi connectivity index (χ1v) is 5.57. The number of aromatic nitrogens is 1. The molecule has 3 aromatic rings. The lowest BCUT2D eigenvalue weighted by molar-refractivity contribution is 0.827. The Balaban J connectivity index is 2.59. The molecule has 0 amide bonds. The van der Waals surface area contributed by atoms with E-state index in [0.717, 1.165) is 12.0 Å². The van der Waals surface area contributed by atoms with Crippen LogP contribution >= 0.6 is 0 Å². The van der Waals surface area contributed by atoms with E-state index in [1.807, 2.05) is 6.07 Å². The van der Waals surface area contributed by atoms with Gasteiger partial charge in [-0.3, -0.25) is 0 Å². The van der Waals surface area contributed by atoms with Crippen molar-refractivity contribution in [2.75, 3.05) is 0 Å². The lowest BCUT2D eigenvalue weighted by atomic mass is 9.94. The summed E-state index contributed by atoms with van der Waals surface area (Å²) in [5, 5.41) is 2.53. The second kappa shape index (κ2) is 3.41. The maximum atomic E-state index is 5.86. The highest BCUT2D eigenvalue weighted by atomic mass is 15.0. The van der Waals surface area contributed by atoms with Crippen molar-refractivity contribution in [1.29, 1.82) is 0 Å². The molecule has 0 saturated carbocycles. The van der Waals surface area contributed by atoms with Crippen LogP contribution in [0.4, 0.5) is 0 Å². The molecule has 0 bridgehead atoms. The average molecular weight is 205 g/mol. The minimum absolute atomic E-state index is 0.825. The zero-order valence-electron chi connectivity index (χ0n) is 9.27. The third-order valence-corrected chi connectivity index (χ3v) is 3.11. The van der Waals surface area contributed by atoms with Crippen molar-refractivity contribution in [3.63, 3.8) is 0 Å². The van der Waals surface area contributed by atoms with Crippen LogP contribution in [0, 0.1) is 0 Å². The summed E-state index contributed by atoms with van der Waals surface area (Å²) in [6.07, 6.45) is 0. The Kier molecular flexibility index (Phi) is 2.03. The number of hydrogen-bond acceptors (Lipinski definition) is 0. The molecule has 0 unspecified atom stereocenters. The smallest absolute Gasteiger partial charge is 0.113 e. The van der Waals surface area contributed by atoms with Gasteiger partial charge in [-0.15, -0.1) is 0 Å². The monoisotopic (exact) mass is 205 g/mol. The van der Waals surface area contributed by atoms with Gasteiger partial charge in [0.15, 0.2) is 0 Å². The third-order valence-electron chi connectivity index (χ3n) is 3.11. The van der Waals surface area contributed by atoms with E-state index >= 15 is 0 Å². The van der Waals surface area contributed by atoms with E-state index in [4.69, 9.17) is 7.85 Å². The first-order chi connectivity index (χ1) is 7.81. The minimum Gasteiger partial charge on any atom is -0.341 e. The van der Waals surface area contributed by atoms with Gasteiger partial charge in [-0.05, 0) is 19.1 Å². The van der Waals surface area contributed by atoms with E-state index in [9.17, 15) is 0 Å². The number of rotatable bonds is 1. The van der Waals surface area contributed by atoms with Gasteiger partial charge >= 0.3 is 0 Å². The average Bonchev–Trinajstić information content (AvgIpc) is 2.62. The number of benzene rings is 2. The molecule has 0 saturated heterocycles. The van der Waals surface area contributed by atoms with Crippen molar-refractivity contribution >= 4 is 35.1 Å². The van der Waals surface area contributed by atoms with E-state index in [1.165, 1.54) is 21.8 Å². The number of nitrogens with zero attached hydrogens (tertiary/aromatic N) is 1. The summed E-state index contributed by atoms with van der Waals surface area (Å²) in [6, 6.07) is 14.6. The Morgan fingerprint density at radius 1 is 1.00 bits per heavy atom. The molecule has 3 rings (SSSR count). The Labute approximate surface area is 96.1 Å². The number of fused-ring (bicyclic) bond motifs is 3. The van der Waals surface area contributed by atoms with Crippen LogP contribution < -0.4 is 5.46 Å². The van der Waals surface area contributed by atoms with Gasteiger partial charge in [0.2, 0.25) is 0 Å². The standard InChI is InChI=1S/C14H12BN/c1-2-16-13-6-4-3-5-11(13)12-9-10(15)7-8-14(12)16/h3-9H,2H2,1H3. The molecule has 0 N–H and O–H groups in total. The topological polar surface area (TPSA) is 4.93 Å². The Hall–Kier alpha value is -1.70. The summed E-state index contributed by atoms with van der Waals surface area (Å²) in [5.41, 5.74) is 3.37. The summed E-state index contributed by atoms with van der Waals surface area (Å²) < 4.78 is 2.32. The zero-order chi connectivity index (χ0) is 11.1. The van der Waals surface area contributed by atoms with Crippen LogP contribution in [0.1, 0.15) is 6.92 Å². The third kappa shape index (κ3) is 1.19. The van der Waals surface area contributed by atoms with E-state index in [-0.39, 0.29) is 0 Å². The van der Waals surface area contributed by atoms with Gasteiger partial charge in [-0.1, -0.05) is 35.8 Å².